The van der Waals surface area contributed by atoms with Gasteiger partial charge in [0.2, 0.25) is 0 Å². The van der Waals surface area contributed by atoms with Crippen molar-refractivity contribution in [3.8, 4) is 0 Å². The van der Waals surface area contributed by atoms with E-state index in [-0.39, 0.29) is 12.0 Å². The van der Waals surface area contributed by atoms with Crippen molar-refractivity contribution in [2.75, 3.05) is 0 Å². The van der Waals surface area contributed by atoms with Crippen LogP contribution in [0.3, 0.4) is 0 Å². The molecule has 0 bridgehead atoms. The topological polar surface area (TPSA) is 29.5 Å². The molecular formula is C9H18O2. The molecule has 0 aliphatic carbocycles. The van der Waals surface area contributed by atoms with Crippen LogP contribution >= 0.6 is 0 Å². The van der Waals surface area contributed by atoms with Crippen molar-refractivity contribution >= 4 is 0 Å². The second-order valence-corrected chi connectivity index (χ2v) is 2.88. The Morgan fingerprint density at radius 2 is 2.27 bits per heavy atom. The molecule has 2 atom stereocenters. The van der Waals surface area contributed by atoms with E-state index in [9.17, 15) is 0 Å². The van der Waals surface area contributed by atoms with Crippen LogP contribution in [0.1, 0.15) is 33.1 Å². The Kier molecular flexibility index (Phi) is 6.18. The molecule has 0 fully saturated rings. The van der Waals surface area contributed by atoms with Gasteiger partial charge in [-0.05, 0) is 6.42 Å². The third-order valence-corrected chi connectivity index (χ3v) is 1.94. The lowest BCUT2D eigenvalue weighted by molar-refractivity contribution is -0.287. The molecule has 0 aliphatic heterocycles. The minimum absolute atomic E-state index is 0.0764. The molecule has 0 heterocycles. The zero-order valence-electron chi connectivity index (χ0n) is 7.42. The van der Waals surface area contributed by atoms with Crippen LogP contribution in [0.5, 0.6) is 0 Å². The first-order valence-corrected chi connectivity index (χ1v) is 4.19. The molecule has 0 unspecified atom stereocenters. The Bertz CT molecular complexity index is 102. The van der Waals surface area contributed by atoms with Crippen LogP contribution in [0, 0.1) is 5.92 Å². The summed E-state index contributed by atoms with van der Waals surface area (Å²) in [6, 6.07) is 0. The molecule has 0 rings (SSSR count). The first kappa shape index (κ1) is 10.7. The highest BCUT2D eigenvalue weighted by atomic mass is 17.1. The van der Waals surface area contributed by atoms with Crippen molar-refractivity contribution in [3.63, 3.8) is 0 Å². The van der Waals surface area contributed by atoms with Crippen LogP contribution < -0.4 is 0 Å². The maximum absolute atomic E-state index is 8.51. The highest BCUT2D eigenvalue weighted by Crippen LogP contribution is 2.14. The van der Waals surface area contributed by atoms with E-state index in [2.05, 4.69) is 18.4 Å². The van der Waals surface area contributed by atoms with Gasteiger partial charge in [0.25, 0.3) is 0 Å². The maximum atomic E-state index is 8.51. The van der Waals surface area contributed by atoms with Gasteiger partial charge in [-0.15, -0.1) is 6.58 Å². The lowest BCUT2D eigenvalue weighted by Crippen LogP contribution is -2.18. The summed E-state index contributed by atoms with van der Waals surface area (Å²) in [5.41, 5.74) is 0. The van der Waals surface area contributed by atoms with E-state index >= 15 is 0 Å². The SMILES string of the molecule is C=C[C@@H](C)[C@@H](CCCC)OO. The summed E-state index contributed by atoms with van der Waals surface area (Å²) in [6.07, 6.45) is 4.84. The average molecular weight is 158 g/mol. The van der Waals surface area contributed by atoms with Crippen molar-refractivity contribution in [2.24, 2.45) is 5.92 Å². The predicted octanol–water partition coefficient (Wildman–Crippen LogP) is 2.86. The van der Waals surface area contributed by atoms with Gasteiger partial charge in [0.1, 0.15) is 0 Å². The van der Waals surface area contributed by atoms with Gasteiger partial charge >= 0.3 is 0 Å². The second kappa shape index (κ2) is 6.38. The van der Waals surface area contributed by atoms with Crippen molar-refractivity contribution in [3.05, 3.63) is 12.7 Å². The molecule has 0 aromatic rings. The normalized spacial score (nSPS) is 15.9. The van der Waals surface area contributed by atoms with Crippen LogP contribution in [-0.4, -0.2) is 11.4 Å². The molecule has 0 amide bonds. The van der Waals surface area contributed by atoms with Gasteiger partial charge in [-0.3, -0.25) is 5.26 Å². The fourth-order valence-corrected chi connectivity index (χ4v) is 0.969. The van der Waals surface area contributed by atoms with E-state index in [1.807, 2.05) is 6.92 Å². The Morgan fingerprint density at radius 3 is 2.64 bits per heavy atom. The highest BCUT2D eigenvalue weighted by molar-refractivity contribution is 4.81. The molecule has 0 aromatic heterocycles. The molecule has 0 aliphatic rings. The number of hydrogen-bond donors (Lipinski definition) is 1. The van der Waals surface area contributed by atoms with Crippen LogP contribution in [-0.2, 0) is 4.89 Å². The second-order valence-electron chi connectivity index (χ2n) is 2.88. The molecule has 1 N–H and O–H groups in total. The van der Waals surface area contributed by atoms with E-state index in [1.54, 1.807) is 6.08 Å². The zero-order chi connectivity index (χ0) is 8.69. The molecule has 66 valence electrons. The largest absolute Gasteiger partial charge is 0.252 e. The summed E-state index contributed by atoms with van der Waals surface area (Å²) >= 11 is 0. The zero-order valence-corrected chi connectivity index (χ0v) is 7.42. The molecule has 2 heteroatoms. The van der Waals surface area contributed by atoms with Crippen molar-refractivity contribution < 1.29 is 10.1 Å². The molecule has 0 saturated carbocycles. The number of hydrogen-bond acceptors (Lipinski definition) is 2. The first-order chi connectivity index (χ1) is 5.26. The monoisotopic (exact) mass is 158 g/mol. The Morgan fingerprint density at radius 1 is 1.64 bits per heavy atom. The van der Waals surface area contributed by atoms with Crippen molar-refractivity contribution in [2.45, 2.75) is 39.2 Å². The molecule has 0 aromatic carbocycles. The van der Waals surface area contributed by atoms with E-state index in [0.717, 1.165) is 19.3 Å². The van der Waals surface area contributed by atoms with E-state index in [1.165, 1.54) is 0 Å². The van der Waals surface area contributed by atoms with Gasteiger partial charge < -0.3 is 0 Å². The Hall–Kier alpha value is -0.340. The summed E-state index contributed by atoms with van der Waals surface area (Å²) in [5.74, 6) is 0.228. The van der Waals surface area contributed by atoms with Crippen molar-refractivity contribution in [1.29, 1.82) is 0 Å². The van der Waals surface area contributed by atoms with E-state index in [4.69, 9.17) is 5.26 Å². The average Bonchev–Trinajstić information content (AvgIpc) is 2.05. The smallest absolute Gasteiger partial charge is 0.0986 e. The third kappa shape index (κ3) is 4.17. The predicted molar refractivity (Wildman–Crippen MR) is 46.4 cm³/mol. The van der Waals surface area contributed by atoms with E-state index in [0.29, 0.717) is 0 Å². The van der Waals surface area contributed by atoms with Gasteiger partial charge in [0, 0.05) is 5.92 Å². The third-order valence-electron chi connectivity index (χ3n) is 1.94. The summed E-state index contributed by atoms with van der Waals surface area (Å²) < 4.78 is 0. The molecule has 0 radical (unpaired) electrons. The summed E-state index contributed by atoms with van der Waals surface area (Å²) in [4.78, 5) is 4.33. The minimum atomic E-state index is -0.0764. The quantitative estimate of drug-likeness (QED) is 0.366. The fraction of sp³-hybridized carbons (Fsp3) is 0.778. The molecule has 11 heavy (non-hydrogen) atoms. The van der Waals surface area contributed by atoms with Gasteiger partial charge in [0.05, 0.1) is 6.10 Å². The van der Waals surface area contributed by atoms with E-state index < -0.39 is 0 Å². The number of rotatable bonds is 6. The summed E-state index contributed by atoms with van der Waals surface area (Å²) in [5, 5.41) is 8.51. The van der Waals surface area contributed by atoms with Gasteiger partial charge in [0.15, 0.2) is 0 Å². The first-order valence-electron chi connectivity index (χ1n) is 4.19. The lowest BCUT2D eigenvalue weighted by atomic mass is 10.0. The summed E-state index contributed by atoms with van der Waals surface area (Å²) in [6.45, 7) is 7.75. The molecule has 0 saturated heterocycles. The van der Waals surface area contributed by atoms with Crippen LogP contribution in [0.4, 0.5) is 0 Å². The highest BCUT2D eigenvalue weighted by Gasteiger charge is 2.13. The fourth-order valence-electron chi connectivity index (χ4n) is 0.969. The van der Waals surface area contributed by atoms with Crippen LogP contribution in [0.25, 0.3) is 0 Å². The molecule has 0 spiro atoms. The van der Waals surface area contributed by atoms with Gasteiger partial charge in [-0.1, -0.05) is 32.8 Å². The maximum Gasteiger partial charge on any atom is 0.0986 e. The standard InChI is InChI=1S/C9H18O2/c1-4-6-7-9(11-10)8(3)5-2/h5,8-10H,2,4,6-7H2,1,3H3/t8-,9-/m1/s1. The van der Waals surface area contributed by atoms with Gasteiger partial charge in [-0.25, -0.2) is 4.89 Å². The minimum Gasteiger partial charge on any atom is -0.252 e. The van der Waals surface area contributed by atoms with Crippen LogP contribution in [0.2, 0.25) is 0 Å². The molecule has 2 nitrogen and oxygen atoms in total. The summed E-state index contributed by atoms with van der Waals surface area (Å²) in [7, 11) is 0. The van der Waals surface area contributed by atoms with Gasteiger partial charge in [-0.2, -0.15) is 0 Å². The van der Waals surface area contributed by atoms with Crippen LogP contribution in [0.15, 0.2) is 12.7 Å². The number of unbranched alkanes of at least 4 members (excludes halogenated alkanes) is 1. The van der Waals surface area contributed by atoms with Crippen molar-refractivity contribution in [1.82, 2.24) is 0 Å². The Balaban J connectivity index is 3.64. The molecular weight excluding hydrogens is 140 g/mol. The lowest BCUT2D eigenvalue weighted by Gasteiger charge is -2.16. The Labute approximate surface area is 68.8 Å².